The van der Waals surface area contributed by atoms with Crippen LogP contribution in [0.2, 0.25) is 0 Å². The molecule has 1 aromatic rings. The molecule has 0 aliphatic carbocycles. The summed E-state index contributed by atoms with van der Waals surface area (Å²) in [5.74, 6) is 0.0128. The van der Waals surface area contributed by atoms with Crippen LogP contribution in [0.3, 0.4) is 0 Å². The summed E-state index contributed by atoms with van der Waals surface area (Å²) < 4.78 is 0. The minimum atomic E-state index is -0.121. The highest BCUT2D eigenvalue weighted by Crippen LogP contribution is 2.27. The van der Waals surface area contributed by atoms with E-state index < -0.39 is 0 Å². The van der Waals surface area contributed by atoms with Gasteiger partial charge in [0.2, 0.25) is 5.91 Å². The van der Waals surface area contributed by atoms with Crippen LogP contribution in [-0.4, -0.2) is 73.0 Å². The Morgan fingerprint density at radius 3 is 2.54 bits per heavy atom. The van der Waals surface area contributed by atoms with E-state index in [0.717, 1.165) is 25.1 Å². The second-order valence-electron chi connectivity index (χ2n) is 8.18. The van der Waals surface area contributed by atoms with Gasteiger partial charge in [-0.3, -0.25) is 4.79 Å². The van der Waals surface area contributed by atoms with Gasteiger partial charge in [0, 0.05) is 32.7 Å². The monoisotopic (exact) mass is 358 g/mol. The number of likely N-dealkylation sites (tertiary alicyclic amines) is 1. The van der Waals surface area contributed by atoms with Crippen molar-refractivity contribution in [3.05, 3.63) is 35.4 Å². The zero-order valence-electron chi connectivity index (χ0n) is 16.1. The first-order chi connectivity index (χ1) is 12.3. The van der Waals surface area contributed by atoms with Gasteiger partial charge in [0.05, 0.1) is 0 Å². The Morgan fingerprint density at radius 1 is 1.19 bits per heavy atom. The lowest BCUT2D eigenvalue weighted by atomic mass is 9.90. The molecule has 3 rings (SSSR count). The molecule has 1 aromatic carbocycles. The number of carbonyl (C=O) groups excluding carboxylic acids is 2. The molecule has 2 aliphatic heterocycles. The smallest absolute Gasteiger partial charge is 0.317 e. The number of piperazine rings is 1. The largest absolute Gasteiger partial charge is 0.337 e. The maximum Gasteiger partial charge on any atom is 0.317 e. The summed E-state index contributed by atoms with van der Waals surface area (Å²) in [4.78, 5) is 30.7. The summed E-state index contributed by atoms with van der Waals surface area (Å²) >= 11 is 0. The molecule has 2 fully saturated rings. The van der Waals surface area contributed by atoms with Gasteiger partial charge in [-0.05, 0) is 37.9 Å². The molecule has 1 atom stereocenters. The van der Waals surface area contributed by atoms with Crippen molar-refractivity contribution in [1.29, 1.82) is 0 Å². The first kappa shape index (κ1) is 18.7. The van der Waals surface area contributed by atoms with Crippen molar-refractivity contribution < 1.29 is 9.59 Å². The number of amides is 3. The predicted molar refractivity (Wildman–Crippen MR) is 102 cm³/mol. The Bertz CT molecular complexity index is 660. The molecule has 0 spiro atoms. The van der Waals surface area contributed by atoms with Crippen LogP contribution < -0.4 is 5.32 Å². The Hall–Kier alpha value is -2.08. The molecule has 26 heavy (non-hydrogen) atoms. The molecule has 0 bridgehead atoms. The average molecular weight is 358 g/mol. The minimum Gasteiger partial charge on any atom is -0.337 e. The quantitative estimate of drug-likeness (QED) is 0.891. The zero-order chi connectivity index (χ0) is 18.7. The minimum absolute atomic E-state index is 0.0128. The van der Waals surface area contributed by atoms with Gasteiger partial charge in [0.1, 0.15) is 6.54 Å². The summed E-state index contributed by atoms with van der Waals surface area (Å²) in [6, 6.07) is 8.11. The fourth-order valence-corrected chi connectivity index (χ4v) is 3.78. The van der Waals surface area contributed by atoms with Gasteiger partial charge in [-0.2, -0.15) is 0 Å². The van der Waals surface area contributed by atoms with E-state index in [4.69, 9.17) is 0 Å². The second kappa shape index (κ2) is 7.66. The lowest BCUT2D eigenvalue weighted by Crippen LogP contribution is -2.55. The average Bonchev–Trinajstić information content (AvgIpc) is 2.96. The van der Waals surface area contributed by atoms with E-state index in [1.54, 1.807) is 4.90 Å². The summed E-state index contributed by atoms with van der Waals surface area (Å²) in [6.45, 7) is 8.93. The molecule has 2 heterocycles. The van der Waals surface area contributed by atoms with Gasteiger partial charge in [-0.25, -0.2) is 4.79 Å². The fourth-order valence-electron chi connectivity index (χ4n) is 3.78. The van der Waals surface area contributed by atoms with Gasteiger partial charge in [0.25, 0.3) is 0 Å². The number of nitrogens with one attached hydrogen (secondary N) is 1. The highest BCUT2D eigenvalue weighted by atomic mass is 16.2. The van der Waals surface area contributed by atoms with Gasteiger partial charge < -0.3 is 20.0 Å². The maximum absolute atomic E-state index is 12.5. The number of nitrogens with zero attached hydrogens (tertiary/aromatic N) is 3. The topological polar surface area (TPSA) is 55.9 Å². The standard InChI is InChI=1S/C20H30N4O2/c1-16-4-6-17(7-5-16)12-23-10-11-24(13-18(23)25)19(26)21-14-20(2)8-9-22(3)15-20/h4-7H,8-15H2,1-3H3,(H,21,26). The van der Waals surface area contributed by atoms with Crippen molar-refractivity contribution in [2.24, 2.45) is 5.41 Å². The van der Waals surface area contributed by atoms with Crippen LogP contribution in [0.4, 0.5) is 4.79 Å². The zero-order valence-corrected chi connectivity index (χ0v) is 16.1. The number of hydrogen-bond acceptors (Lipinski definition) is 3. The number of urea groups is 1. The third kappa shape index (κ3) is 4.55. The molecule has 6 nitrogen and oxygen atoms in total. The van der Waals surface area contributed by atoms with Crippen LogP contribution in [0.25, 0.3) is 0 Å². The van der Waals surface area contributed by atoms with Crippen LogP contribution in [0.5, 0.6) is 0 Å². The molecule has 1 unspecified atom stereocenters. The predicted octanol–water partition coefficient (Wildman–Crippen LogP) is 1.69. The van der Waals surface area contributed by atoms with Gasteiger partial charge in [0.15, 0.2) is 0 Å². The lowest BCUT2D eigenvalue weighted by molar-refractivity contribution is -0.135. The Labute approximate surface area is 156 Å². The van der Waals surface area contributed by atoms with Crippen molar-refractivity contribution in [1.82, 2.24) is 20.0 Å². The van der Waals surface area contributed by atoms with E-state index in [1.807, 2.05) is 4.90 Å². The Balaban J connectivity index is 1.47. The van der Waals surface area contributed by atoms with E-state index in [1.165, 1.54) is 5.56 Å². The molecule has 1 N–H and O–H groups in total. The van der Waals surface area contributed by atoms with E-state index in [-0.39, 0.29) is 23.9 Å². The number of hydrogen-bond donors (Lipinski definition) is 1. The van der Waals surface area contributed by atoms with Crippen molar-refractivity contribution in [2.45, 2.75) is 26.8 Å². The molecule has 6 heteroatoms. The summed E-state index contributed by atoms with van der Waals surface area (Å²) in [6.07, 6.45) is 1.09. The Kier molecular flexibility index (Phi) is 5.51. The molecule has 0 aromatic heterocycles. The highest BCUT2D eigenvalue weighted by Gasteiger charge is 2.33. The van der Waals surface area contributed by atoms with Crippen molar-refractivity contribution in [3.8, 4) is 0 Å². The SMILES string of the molecule is Cc1ccc(CN2CCN(C(=O)NCC3(C)CCN(C)C3)CC2=O)cc1. The third-order valence-corrected chi connectivity index (χ3v) is 5.52. The molecule has 2 saturated heterocycles. The molecular weight excluding hydrogens is 328 g/mol. The van der Waals surface area contributed by atoms with Crippen LogP contribution in [0.15, 0.2) is 24.3 Å². The lowest BCUT2D eigenvalue weighted by Gasteiger charge is -2.35. The summed E-state index contributed by atoms with van der Waals surface area (Å²) in [5.41, 5.74) is 2.46. The van der Waals surface area contributed by atoms with E-state index in [9.17, 15) is 9.59 Å². The van der Waals surface area contributed by atoms with Gasteiger partial charge in [-0.15, -0.1) is 0 Å². The molecule has 0 radical (unpaired) electrons. The molecule has 2 aliphatic rings. The van der Waals surface area contributed by atoms with Crippen molar-refractivity contribution >= 4 is 11.9 Å². The first-order valence-electron chi connectivity index (χ1n) is 9.39. The summed E-state index contributed by atoms with van der Waals surface area (Å²) in [5, 5.41) is 3.04. The second-order valence-corrected chi connectivity index (χ2v) is 8.18. The van der Waals surface area contributed by atoms with E-state index >= 15 is 0 Å². The Morgan fingerprint density at radius 2 is 1.92 bits per heavy atom. The molecule has 142 valence electrons. The molecule has 0 saturated carbocycles. The van der Waals surface area contributed by atoms with Crippen molar-refractivity contribution in [3.63, 3.8) is 0 Å². The number of aryl methyl sites for hydroxylation is 1. The first-order valence-corrected chi connectivity index (χ1v) is 9.39. The third-order valence-electron chi connectivity index (χ3n) is 5.52. The highest BCUT2D eigenvalue weighted by molar-refractivity contribution is 5.85. The maximum atomic E-state index is 12.5. The normalized spacial score (nSPS) is 24.2. The van der Waals surface area contributed by atoms with E-state index in [2.05, 4.69) is 55.4 Å². The fraction of sp³-hybridized carbons (Fsp3) is 0.600. The summed E-state index contributed by atoms with van der Waals surface area (Å²) in [7, 11) is 2.11. The van der Waals surface area contributed by atoms with Crippen LogP contribution in [0, 0.1) is 12.3 Å². The van der Waals surface area contributed by atoms with Gasteiger partial charge in [-0.1, -0.05) is 36.8 Å². The van der Waals surface area contributed by atoms with Crippen LogP contribution >= 0.6 is 0 Å². The molecule has 3 amide bonds. The van der Waals surface area contributed by atoms with Gasteiger partial charge >= 0.3 is 6.03 Å². The van der Waals surface area contributed by atoms with Crippen molar-refractivity contribution in [2.75, 3.05) is 46.3 Å². The van der Waals surface area contributed by atoms with Crippen LogP contribution in [-0.2, 0) is 11.3 Å². The van der Waals surface area contributed by atoms with Crippen LogP contribution in [0.1, 0.15) is 24.5 Å². The number of rotatable bonds is 4. The van der Waals surface area contributed by atoms with E-state index in [0.29, 0.717) is 26.2 Å². The number of carbonyl (C=O) groups is 2. The number of benzene rings is 1. The molecular formula is C20H30N4O2.